The Hall–Kier alpha value is -1.78. The van der Waals surface area contributed by atoms with E-state index in [-0.39, 0.29) is 17.7 Å². The summed E-state index contributed by atoms with van der Waals surface area (Å²) >= 11 is 0. The molecule has 2 amide bonds. The number of carbonyl (C=O) groups excluding carboxylic acids is 2. The first-order chi connectivity index (χ1) is 9.63. The van der Waals surface area contributed by atoms with Crippen molar-refractivity contribution in [1.82, 2.24) is 10.2 Å². The van der Waals surface area contributed by atoms with E-state index in [2.05, 4.69) is 5.32 Å². The summed E-state index contributed by atoms with van der Waals surface area (Å²) in [5.41, 5.74) is 0. The zero-order valence-corrected chi connectivity index (χ0v) is 11.7. The highest BCUT2D eigenvalue weighted by Crippen LogP contribution is 2.32. The van der Waals surface area contributed by atoms with Crippen molar-refractivity contribution in [3.8, 4) is 0 Å². The number of hydrogen-bond donors (Lipinski definition) is 1. The van der Waals surface area contributed by atoms with Gasteiger partial charge in [0, 0.05) is 32.0 Å². The second kappa shape index (κ2) is 5.31. The van der Waals surface area contributed by atoms with Gasteiger partial charge in [-0.2, -0.15) is 0 Å². The third-order valence-electron chi connectivity index (χ3n) is 3.98. The largest absolute Gasteiger partial charge is 0.466 e. The molecular formula is C15H20N2O3. The van der Waals surface area contributed by atoms with Crippen molar-refractivity contribution in [2.75, 3.05) is 13.1 Å². The molecule has 1 saturated heterocycles. The van der Waals surface area contributed by atoms with Crippen LogP contribution in [0.15, 0.2) is 16.5 Å². The summed E-state index contributed by atoms with van der Waals surface area (Å²) in [6.45, 7) is 3.05. The van der Waals surface area contributed by atoms with Crippen molar-refractivity contribution in [2.24, 2.45) is 5.92 Å². The number of aryl methyl sites for hydroxylation is 1. The fraction of sp³-hybridized carbons (Fsp3) is 0.600. The zero-order valence-electron chi connectivity index (χ0n) is 11.7. The number of furan rings is 1. The molecular weight excluding hydrogens is 256 g/mol. The van der Waals surface area contributed by atoms with Crippen molar-refractivity contribution in [3.05, 3.63) is 23.7 Å². The zero-order chi connectivity index (χ0) is 14.1. The number of rotatable bonds is 5. The summed E-state index contributed by atoms with van der Waals surface area (Å²) in [5, 5.41) is 2.90. The molecule has 5 nitrogen and oxygen atoms in total. The van der Waals surface area contributed by atoms with E-state index >= 15 is 0 Å². The van der Waals surface area contributed by atoms with E-state index < -0.39 is 0 Å². The molecule has 5 heteroatoms. The van der Waals surface area contributed by atoms with Crippen molar-refractivity contribution in [2.45, 2.75) is 38.6 Å². The molecule has 2 fully saturated rings. The average molecular weight is 276 g/mol. The van der Waals surface area contributed by atoms with E-state index in [4.69, 9.17) is 4.42 Å². The average Bonchev–Trinajstić information content (AvgIpc) is 3.06. The van der Waals surface area contributed by atoms with Gasteiger partial charge in [0.05, 0.1) is 5.92 Å². The Labute approximate surface area is 118 Å². The SMILES string of the molecule is Cc1ccc(CCNC(=O)[C@H]2CC(=O)N(C3CC3)C2)o1. The van der Waals surface area contributed by atoms with Crippen LogP contribution >= 0.6 is 0 Å². The summed E-state index contributed by atoms with van der Waals surface area (Å²) in [4.78, 5) is 25.7. The minimum atomic E-state index is -0.179. The highest BCUT2D eigenvalue weighted by molar-refractivity contribution is 5.89. The molecule has 1 aromatic rings. The van der Waals surface area contributed by atoms with Gasteiger partial charge in [-0.1, -0.05) is 0 Å². The van der Waals surface area contributed by atoms with Gasteiger partial charge in [0.15, 0.2) is 0 Å². The van der Waals surface area contributed by atoms with Gasteiger partial charge >= 0.3 is 0 Å². The van der Waals surface area contributed by atoms with Crippen LogP contribution in [0, 0.1) is 12.8 Å². The minimum Gasteiger partial charge on any atom is -0.466 e. The normalized spacial score (nSPS) is 22.4. The van der Waals surface area contributed by atoms with E-state index in [1.807, 2.05) is 24.0 Å². The number of hydrogen-bond acceptors (Lipinski definition) is 3. The molecule has 1 aliphatic heterocycles. The molecule has 1 aliphatic carbocycles. The molecule has 2 heterocycles. The van der Waals surface area contributed by atoms with E-state index in [9.17, 15) is 9.59 Å². The highest BCUT2D eigenvalue weighted by atomic mass is 16.3. The third kappa shape index (κ3) is 2.86. The van der Waals surface area contributed by atoms with Crippen LogP contribution in [0.4, 0.5) is 0 Å². The van der Waals surface area contributed by atoms with Gasteiger partial charge < -0.3 is 14.6 Å². The van der Waals surface area contributed by atoms with Crippen LogP contribution < -0.4 is 5.32 Å². The standard InChI is InChI=1S/C15H20N2O3/c1-10-2-5-13(20-10)6-7-16-15(19)11-8-14(18)17(9-11)12-3-4-12/h2,5,11-12H,3-4,6-9H2,1H3,(H,16,19)/t11-/m0/s1. The Morgan fingerprint density at radius 2 is 2.25 bits per heavy atom. The smallest absolute Gasteiger partial charge is 0.225 e. The van der Waals surface area contributed by atoms with E-state index in [0.29, 0.717) is 32.0 Å². The van der Waals surface area contributed by atoms with Gasteiger partial charge in [-0.15, -0.1) is 0 Å². The molecule has 0 spiro atoms. The number of amides is 2. The Balaban J connectivity index is 1.44. The second-order valence-electron chi connectivity index (χ2n) is 5.73. The topological polar surface area (TPSA) is 62.6 Å². The summed E-state index contributed by atoms with van der Waals surface area (Å²) in [7, 11) is 0. The molecule has 0 aromatic carbocycles. The molecule has 1 atom stereocenters. The Morgan fingerprint density at radius 3 is 2.90 bits per heavy atom. The van der Waals surface area contributed by atoms with Gasteiger partial charge in [-0.25, -0.2) is 0 Å². The van der Waals surface area contributed by atoms with Crippen LogP contribution in [0.2, 0.25) is 0 Å². The van der Waals surface area contributed by atoms with Gasteiger partial charge in [-0.05, 0) is 31.9 Å². The molecule has 1 saturated carbocycles. The number of likely N-dealkylation sites (tertiary alicyclic amines) is 1. The van der Waals surface area contributed by atoms with Gasteiger partial charge in [0.25, 0.3) is 0 Å². The summed E-state index contributed by atoms with van der Waals surface area (Å²) < 4.78 is 5.45. The van der Waals surface area contributed by atoms with Crippen LogP contribution in [-0.2, 0) is 16.0 Å². The molecule has 3 rings (SSSR count). The van der Waals surface area contributed by atoms with Crippen LogP contribution in [-0.4, -0.2) is 35.8 Å². The van der Waals surface area contributed by atoms with Crippen molar-refractivity contribution in [3.63, 3.8) is 0 Å². The maximum absolute atomic E-state index is 12.1. The molecule has 1 aromatic heterocycles. The van der Waals surface area contributed by atoms with E-state index in [1.165, 1.54) is 0 Å². The monoisotopic (exact) mass is 276 g/mol. The predicted octanol–water partition coefficient (Wildman–Crippen LogP) is 1.26. The van der Waals surface area contributed by atoms with Gasteiger partial charge in [-0.3, -0.25) is 9.59 Å². The first kappa shape index (κ1) is 13.2. The molecule has 0 radical (unpaired) electrons. The van der Waals surface area contributed by atoms with Crippen molar-refractivity contribution < 1.29 is 14.0 Å². The number of nitrogens with one attached hydrogen (secondary N) is 1. The number of carbonyl (C=O) groups is 2. The van der Waals surface area contributed by atoms with Crippen molar-refractivity contribution in [1.29, 1.82) is 0 Å². The van der Waals surface area contributed by atoms with Crippen LogP contribution in [0.25, 0.3) is 0 Å². The first-order valence-corrected chi connectivity index (χ1v) is 7.26. The lowest BCUT2D eigenvalue weighted by molar-refractivity contribution is -0.129. The second-order valence-corrected chi connectivity index (χ2v) is 5.73. The summed E-state index contributed by atoms with van der Waals surface area (Å²) in [6.07, 6.45) is 3.24. The summed E-state index contributed by atoms with van der Waals surface area (Å²) in [5.74, 6) is 1.71. The highest BCUT2D eigenvalue weighted by Gasteiger charge is 2.41. The van der Waals surface area contributed by atoms with Crippen molar-refractivity contribution >= 4 is 11.8 Å². The lowest BCUT2D eigenvalue weighted by Crippen LogP contribution is -2.34. The predicted molar refractivity (Wildman–Crippen MR) is 73.0 cm³/mol. The molecule has 2 aliphatic rings. The Kier molecular flexibility index (Phi) is 3.51. The molecule has 1 N–H and O–H groups in total. The molecule has 108 valence electrons. The van der Waals surface area contributed by atoms with Crippen LogP contribution in [0.1, 0.15) is 30.8 Å². The number of nitrogens with zero attached hydrogens (tertiary/aromatic N) is 1. The minimum absolute atomic E-state index is 0.00946. The fourth-order valence-electron chi connectivity index (χ4n) is 2.72. The summed E-state index contributed by atoms with van der Waals surface area (Å²) in [6, 6.07) is 4.25. The van der Waals surface area contributed by atoms with E-state index in [1.54, 1.807) is 0 Å². The maximum Gasteiger partial charge on any atom is 0.225 e. The van der Waals surface area contributed by atoms with Crippen LogP contribution in [0.5, 0.6) is 0 Å². The lowest BCUT2D eigenvalue weighted by atomic mass is 10.1. The third-order valence-corrected chi connectivity index (χ3v) is 3.98. The Morgan fingerprint density at radius 1 is 1.45 bits per heavy atom. The molecule has 20 heavy (non-hydrogen) atoms. The molecule has 0 bridgehead atoms. The fourth-order valence-corrected chi connectivity index (χ4v) is 2.72. The van der Waals surface area contributed by atoms with Gasteiger partial charge in [0.2, 0.25) is 11.8 Å². The molecule has 0 unspecified atom stereocenters. The quantitative estimate of drug-likeness (QED) is 0.880. The van der Waals surface area contributed by atoms with E-state index in [0.717, 1.165) is 24.4 Å². The van der Waals surface area contributed by atoms with Crippen LogP contribution in [0.3, 0.4) is 0 Å². The lowest BCUT2D eigenvalue weighted by Gasteiger charge is -2.15. The van der Waals surface area contributed by atoms with Gasteiger partial charge in [0.1, 0.15) is 11.5 Å². The maximum atomic E-state index is 12.1. The Bertz CT molecular complexity index is 519. The first-order valence-electron chi connectivity index (χ1n) is 7.26.